The lowest BCUT2D eigenvalue weighted by Crippen LogP contribution is -2.01. The predicted octanol–water partition coefficient (Wildman–Crippen LogP) is 1.52. The van der Waals surface area contributed by atoms with E-state index in [-0.39, 0.29) is 0 Å². The fourth-order valence-corrected chi connectivity index (χ4v) is 1.65. The van der Waals surface area contributed by atoms with Gasteiger partial charge in [-0.15, -0.1) is 0 Å². The normalized spacial score (nSPS) is 10.8. The summed E-state index contributed by atoms with van der Waals surface area (Å²) in [6.07, 6.45) is 6.78. The Morgan fingerprint density at radius 1 is 1.19 bits per heavy atom. The van der Waals surface area contributed by atoms with Gasteiger partial charge < -0.3 is 0 Å². The topological polar surface area (TPSA) is 56.5 Å². The summed E-state index contributed by atoms with van der Waals surface area (Å²) in [6, 6.07) is 3.86. The largest absolute Gasteiger partial charge is 0.259 e. The van der Waals surface area contributed by atoms with Crippen LogP contribution in [-0.2, 0) is 0 Å². The van der Waals surface area contributed by atoms with Crippen LogP contribution < -0.4 is 0 Å². The number of pyridine rings is 1. The Morgan fingerprint density at radius 2 is 2.12 bits per heavy atom. The van der Waals surface area contributed by atoms with Gasteiger partial charge in [0.25, 0.3) is 0 Å². The highest BCUT2D eigenvalue weighted by molar-refractivity contribution is 5.74. The first-order chi connectivity index (χ1) is 7.86. The van der Waals surface area contributed by atoms with Crippen molar-refractivity contribution in [1.29, 1.82) is 0 Å². The Hall–Kier alpha value is -2.30. The molecule has 0 saturated heterocycles. The first-order valence-corrected chi connectivity index (χ1v) is 4.92. The number of aryl methyl sites for hydroxylation is 1. The summed E-state index contributed by atoms with van der Waals surface area (Å²) in [5, 5.41) is 5.22. The smallest absolute Gasteiger partial charge is 0.166 e. The summed E-state index contributed by atoms with van der Waals surface area (Å²) in [7, 11) is 0. The van der Waals surface area contributed by atoms with Gasteiger partial charge in [0.15, 0.2) is 5.65 Å². The third-order valence-corrected chi connectivity index (χ3v) is 2.44. The fourth-order valence-electron chi connectivity index (χ4n) is 1.65. The minimum absolute atomic E-state index is 0.797. The predicted molar refractivity (Wildman–Crippen MR) is 59.2 cm³/mol. The highest BCUT2D eigenvalue weighted by Gasteiger charge is 2.07. The average molecular weight is 211 g/mol. The number of nitrogens with zero attached hydrogens (tertiary/aromatic N) is 5. The van der Waals surface area contributed by atoms with Crippen LogP contribution in [0.4, 0.5) is 0 Å². The van der Waals surface area contributed by atoms with Gasteiger partial charge in [0, 0.05) is 12.4 Å². The fraction of sp³-hybridized carbons (Fsp3) is 0.0909. The van der Waals surface area contributed by atoms with Crippen molar-refractivity contribution < 1.29 is 0 Å². The lowest BCUT2D eigenvalue weighted by Gasteiger charge is -2.04. The van der Waals surface area contributed by atoms with E-state index in [0.29, 0.717) is 0 Å². The Labute approximate surface area is 91.8 Å². The number of fused-ring (bicyclic) bond motifs is 1. The van der Waals surface area contributed by atoms with E-state index in [1.165, 1.54) is 6.33 Å². The molecule has 3 rings (SSSR count). The van der Waals surface area contributed by atoms with E-state index < -0.39 is 0 Å². The lowest BCUT2D eigenvalue weighted by molar-refractivity contribution is 0.876. The Balaban J connectivity index is 2.31. The Bertz CT molecular complexity index is 643. The van der Waals surface area contributed by atoms with Crippen LogP contribution in [0, 0.1) is 6.92 Å². The zero-order valence-electron chi connectivity index (χ0n) is 8.70. The van der Waals surface area contributed by atoms with Crippen LogP contribution in [0.2, 0.25) is 0 Å². The molecule has 3 heterocycles. The number of hydrogen-bond donors (Lipinski definition) is 0. The van der Waals surface area contributed by atoms with Gasteiger partial charge in [0.1, 0.15) is 6.33 Å². The zero-order chi connectivity index (χ0) is 11.0. The summed E-state index contributed by atoms with van der Waals surface area (Å²) in [6.45, 7) is 1.95. The molecule has 0 aliphatic carbocycles. The quantitative estimate of drug-likeness (QED) is 0.612. The average Bonchev–Trinajstić information content (AvgIpc) is 2.74. The van der Waals surface area contributed by atoms with Gasteiger partial charge in [-0.2, -0.15) is 5.10 Å². The number of hydrogen-bond acceptors (Lipinski definition) is 4. The standard InChI is InChI=1S/C11H9N5/c1-8-10(3-2-4-13-8)16-11-9(6-15-16)5-12-7-14-11/h2-7H,1H3. The van der Waals surface area contributed by atoms with Gasteiger partial charge in [0.2, 0.25) is 0 Å². The van der Waals surface area contributed by atoms with E-state index in [1.54, 1.807) is 23.3 Å². The van der Waals surface area contributed by atoms with Crippen LogP contribution in [-0.4, -0.2) is 24.7 Å². The third kappa shape index (κ3) is 1.25. The first-order valence-electron chi connectivity index (χ1n) is 4.92. The van der Waals surface area contributed by atoms with Crippen LogP contribution in [0.25, 0.3) is 16.7 Å². The van der Waals surface area contributed by atoms with Gasteiger partial charge in [-0.25, -0.2) is 14.6 Å². The molecule has 0 aromatic carbocycles. The van der Waals surface area contributed by atoms with E-state index in [9.17, 15) is 0 Å². The minimum atomic E-state index is 0.797. The van der Waals surface area contributed by atoms with Crippen molar-refractivity contribution >= 4 is 11.0 Å². The van der Waals surface area contributed by atoms with Crippen LogP contribution in [0.3, 0.4) is 0 Å². The highest BCUT2D eigenvalue weighted by atomic mass is 15.3. The van der Waals surface area contributed by atoms with Gasteiger partial charge in [-0.05, 0) is 19.1 Å². The summed E-state index contributed by atoms with van der Waals surface area (Å²) in [4.78, 5) is 12.4. The summed E-state index contributed by atoms with van der Waals surface area (Å²) in [5.74, 6) is 0. The van der Waals surface area contributed by atoms with E-state index in [1.807, 2.05) is 19.1 Å². The minimum Gasteiger partial charge on any atom is -0.259 e. The molecular weight excluding hydrogens is 202 g/mol. The molecule has 0 fully saturated rings. The maximum absolute atomic E-state index is 4.30. The van der Waals surface area contributed by atoms with Crippen molar-refractivity contribution in [3.63, 3.8) is 0 Å². The second-order valence-corrected chi connectivity index (χ2v) is 3.47. The van der Waals surface area contributed by atoms with Crippen molar-refractivity contribution in [3.8, 4) is 5.69 Å². The molecule has 0 atom stereocenters. The van der Waals surface area contributed by atoms with E-state index in [0.717, 1.165) is 22.4 Å². The molecule has 0 saturated carbocycles. The van der Waals surface area contributed by atoms with Gasteiger partial charge in [-0.1, -0.05) is 0 Å². The van der Waals surface area contributed by atoms with Crippen molar-refractivity contribution in [2.45, 2.75) is 6.92 Å². The molecule has 5 heteroatoms. The van der Waals surface area contributed by atoms with E-state index >= 15 is 0 Å². The zero-order valence-corrected chi connectivity index (χ0v) is 8.70. The molecule has 0 bridgehead atoms. The van der Waals surface area contributed by atoms with E-state index in [4.69, 9.17) is 0 Å². The Kier molecular flexibility index (Phi) is 1.89. The maximum atomic E-state index is 4.30. The summed E-state index contributed by atoms with van der Waals surface area (Å²) < 4.78 is 1.78. The maximum Gasteiger partial charge on any atom is 0.166 e. The summed E-state index contributed by atoms with van der Waals surface area (Å²) >= 11 is 0. The van der Waals surface area contributed by atoms with Gasteiger partial charge in [-0.3, -0.25) is 4.98 Å². The van der Waals surface area contributed by atoms with Gasteiger partial charge in [0.05, 0.1) is 23.0 Å². The number of aromatic nitrogens is 5. The van der Waals surface area contributed by atoms with Crippen LogP contribution in [0.1, 0.15) is 5.69 Å². The lowest BCUT2D eigenvalue weighted by atomic mass is 10.3. The van der Waals surface area contributed by atoms with Crippen molar-refractivity contribution in [2.24, 2.45) is 0 Å². The molecule has 0 radical (unpaired) electrons. The molecule has 5 nitrogen and oxygen atoms in total. The second kappa shape index (κ2) is 3.37. The molecule has 0 unspecified atom stereocenters. The van der Waals surface area contributed by atoms with Crippen molar-refractivity contribution in [2.75, 3.05) is 0 Å². The molecule has 16 heavy (non-hydrogen) atoms. The van der Waals surface area contributed by atoms with Gasteiger partial charge >= 0.3 is 0 Å². The molecule has 0 spiro atoms. The highest BCUT2D eigenvalue weighted by Crippen LogP contribution is 2.16. The van der Waals surface area contributed by atoms with Crippen LogP contribution in [0.5, 0.6) is 0 Å². The third-order valence-electron chi connectivity index (χ3n) is 2.44. The van der Waals surface area contributed by atoms with E-state index in [2.05, 4.69) is 20.1 Å². The molecule has 78 valence electrons. The van der Waals surface area contributed by atoms with Crippen molar-refractivity contribution in [1.82, 2.24) is 24.7 Å². The van der Waals surface area contributed by atoms with Crippen molar-refractivity contribution in [3.05, 3.63) is 42.7 Å². The summed E-state index contributed by atoms with van der Waals surface area (Å²) in [5.41, 5.74) is 2.66. The molecule has 0 N–H and O–H groups in total. The first kappa shape index (κ1) is 8.96. The number of rotatable bonds is 1. The molecule has 3 aromatic heterocycles. The van der Waals surface area contributed by atoms with Crippen LogP contribution >= 0.6 is 0 Å². The molecule has 0 aliphatic heterocycles. The molecule has 3 aromatic rings. The monoisotopic (exact) mass is 211 g/mol. The second-order valence-electron chi connectivity index (χ2n) is 3.47. The van der Waals surface area contributed by atoms with Crippen LogP contribution in [0.15, 0.2) is 37.1 Å². The SMILES string of the molecule is Cc1ncccc1-n1ncc2cncnc21. The molecule has 0 aliphatic rings. The molecular formula is C11H9N5. The molecule has 0 amide bonds. The Morgan fingerprint density at radius 3 is 3.00 bits per heavy atom.